The molecule has 0 aliphatic carbocycles. The smallest absolute Gasteiger partial charge is 0.282 e. The molecule has 0 aliphatic heterocycles. The van der Waals surface area contributed by atoms with E-state index >= 15 is 0 Å². The quantitative estimate of drug-likeness (QED) is 0.594. The summed E-state index contributed by atoms with van der Waals surface area (Å²) in [6.07, 6.45) is 0. The minimum Gasteiger partial charge on any atom is -0.282 e. The monoisotopic (exact) mass is 362 g/mol. The first-order chi connectivity index (χ1) is 8.87. The molecule has 0 saturated heterocycles. The highest BCUT2D eigenvalue weighted by Gasteiger charge is 2.33. The van der Waals surface area contributed by atoms with Crippen LogP contribution in [0.4, 0.5) is 0 Å². The number of halogens is 2. The summed E-state index contributed by atoms with van der Waals surface area (Å²) in [6.45, 7) is 0. The van der Waals surface area contributed by atoms with Crippen LogP contribution in [0.25, 0.3) is 0 Å². The fraction of sp³-hybridized carbons (Fsp3) is 0. The van der Waals surface area contributed by atoms with Crippen LogP contribution in [0.5, 0.6) is 0 Å². The Balaban J connectivity index is 4.13. The van der Waals surface area contributed by atoms with E-state index in [9.17, 15) is 26.4 Å². The van der Waals surface area contributed by atoms with Gasteiger partial charge in [0.1, 0.15) is 9.79 Å². The Morgan fingerprint density at radius 1 is 0.900 bits per heavy atom. The molecule has 20 heavy (non-hydrogen) atoms. The van der Waals surface area contributed by atoms with E-state index in [1.807, 2.05) is 0 Å². The summed E-state index contributed by atoms with van der Waals surface area (Å²) < 4.78 is 62.5. The third kappa shape index (κ3) is 3.34. The Kier molecular flexibility index (Phi) is 4.58. The van der Waals surface area contributed by atoms with Crippen LogP contribution in [0, 0.1) is 0 Å². The lowest BCUT2D eigenvalue weighted by atomic mass is 10.1. The van der Waals surface area contributed by atoms with Crippen molar-refractivity contribution in [1.29, 1.82) is 0 Å². The van der Waals surface area contributed by atoms with Crippen molar-refractivity contribution in [3.8, 4) is 0 Å². The van der Waals surface area contributed by atoms with E-state index in [1.165, 1.54) is 0 Å². The summed E-state index contributed by atoms with van der Waals surface area (Å²) >= 11 is 10.2. The molecular formula is C8H4Cl2O8S2. The van der Waals surface area contributed by atoms with Crippen LogP contribution in [0.3, 0.4) is 0 Å². The Hall–Kier alpha value is -1.04. The van der Waals surface area contributed by atoms with Crippen molar-refractivity contribution in [2.24, 2.45) is 0 Å². The maximum Gasteiger partial charge on any atom is 0.296 e. The van der Waals surface area contributed by atoms with Crippen LogP contribution >= 0.6 is 23.2 Å². The van der Waals surface area contributed by atoms with Crippen molar-refractivity contribution in [3.05, 3.63) is 23.3 Å². The number of carbonyl (C=O) groups is 2. The second-order valence-electron chi connectivity index (χ2n) is 3.31. The van der Waals surface area contributed by atoms with Gasteiger partial charge in [-0.05, 0) is 35.3 Å². The Bertz CT molecular complexity index is 809. The van der Waals surface area contributed by atoms with Crippen molar-refractivity contribution in [3.63, 3.8) is 0 Å². The first-order valence-electron chi connectivity index (χ1n) is 4.39. The van der Waals surface area contributed by atoms with Crippen LogP contribution < -0.4 is 0 Å². The molecular weight excluding hydrogens is 359 g/mol. The van der Waals surface area contributed by atoms with Gasteiger partial charge in [-0.1, -0.05) is 0 Å². The Labute approximate surface area is 122 Å². The molecule has 1 aromatic rings. The van der Waals surface area contributed by atoms with Gasteiger partial charge in [-0.25, -0.2) is 0 Å². The maximum atomic E-state index is 11.2. The predicted octanol–water partition coefficient (Wildman–Crippen LogP) is 0.938. The maximum absolute atomic E-state index is 11.2. The van der Waals surface area contributed by atoms with Gasteiger partial charge in [-0.3, -0.25) is 18.7 Å². The minimum absolute atomic E-state index is 0.484. The second kappa shape index (κ2) is 5.39. The van der Waals surface area contributed by atoms with E-state index in [0.29, 0.717) is 12.1 Å². The van der Waals surface area contributed by atoms with Gasteiger partial charge in [0.15, 0.2) is 0 Å². The number of hydrogen-bond donors (Lipinski definition) is 2. The fourth-order valence-corrected chi connectivity index (χ4v) is 3.78. The minimum atomic E-state index is -5.30. The van der Waals surface area contributed by atoms with Crippen molar-refractivity contribution in [2.45, 2.75) is 9.79 Å². The summed E-state index contributed by atoms with van der Waals surface area (Å²) in [6, 6.07) is 1.15. The summed E-state index contributed by atoms with van der Waals surface area (Å²) in [5, 5.41) is -2.88. The van der Waals surface area contributed by atoms with E-state index in [-0.39, 0.29) is 0 Å². The summed E-state index contributed by atoms with van der Waals surface area (Å²) in [5.41, 5.74) is -1.89. The molecule has 0 bridgehead atoms. The molecule has 0 heterocycles. The highest BCUT2D eigenvalue weighted by Crippen LogP contribution is 2.29. The summed E-state index contributed by atoms with van der Waals surface area (Å²) in [4.78, 5) is 19.5. The molecule has 110 valence electrons. The van der Waals surface area contributed by atoms with Crippen molar-refractivity contribution in [2.75, 3.05) is 0 Å². The molecule has 0 spiro atoms. The molecule has 0 unspecified atom stereocenters. The zero-order valence-electron chi connectivity index (χ0n) is 9.07. The van der Waals surface area contributed by atoms with E-state index in [4.69, 9.17) is 32.3 Å². The molecule has 0 amide bonds. The van der Waals surface area contributed by atoms with E-state index < -0.39 is 51.6 Å². The lowest BCUT2D eigenvalue weighted by molar-refractivity contribution is 0.104. The van der Waals surface area contributed by atoms with Crippen molar-refractivity contribution in [1.82, 2.24) is 0 Å². The standard InChI is InChI=1S/C8H4Cl2O8S2/c9-7(11)3-1-2-4(19(13,14)15)6(20(16,17)18)5(3)8(10)12/h1-2H,(H,13,14,15)(H,16,17,18). The summed E-state index contributed by atoms with van der Waals surface area (Å²) in [5.74, 6) is 0. The average Bonchev–Trinajstić information content (AvgIpc) is 2.24. The molecule has 0 radical (unpaired) electrons. The molecule has 0 saturated carbocycles. The highest BCUT2D eigenvalue weighted by atomic mass is 35.5. The zero-order valence-corrected chi connectivity index (χ0v) is 12.2. The number of hydrogen-bond acceptors (Lipinski definition) is 6. The van der Waals surface area contributed by atoms with Gasteiger partial charge in [0, 0.05) is 5.56 Å². The Morgan fingerprint density at radius 2 is 1.40 bits per heavy atom. The van der Waals surface area contributed by atoms with Gasteiger partial charge < -0.3 is 0 Å². The van der Waals surface area contributed by atoms with E-state index in [1.54, 1.807) is 0 Å². The highest BCUT2D eigenvalue weighted by molar-refractivity contribution is 7.89. The van der Waals surface area contributed by atoms with Gasteiger partial charge in [0.25, 0.3) is 30.7 Å². The largest absolute Gasteiger partial charge is 0.296 e. The van der Waals surface area contributed by atoms with Crippen LogP contribution in [-0.2, 0) is 20.2 Å². The van der Waals surface area contributed by atoms with Crippen LogP contribution in [0.2, 0.25) is 0 Å². The SMILES string of the molecule is O=C(Cl)c1ccc(S(=O)(=O)O)c(S(=O)(=O)O)c1C(=O)Cl. The predicted molar refractivity (Wildman–Crippen MR) is 66.4 cm³/mol. The summed E-state index contributed by atoms with van der Waals surface area (Å²) in [7, 11) is -10.4. The Morgan fingerprint density at radius 3 is 1.70 bits per heavy atom. The molecule has 8 nitrogen and oxygen atoms in total. The van der Waals surface area contributed by atoms with E-state index in [2.05, 4.69) is 0 Å². The first kappa shape index (κ1) is 17.0. The molecule has 0 aromatic heterocycles. The fourth-order valence-electron chi connectivity index (χ4n) is 1.38. The molecule has 1 aromatic carbocycles. The second-order valence-corrected chi connectivity index (χ2v) is 6.75. The molecule has 0 atom stereocenters. The topological polar surface area (TPSA) is 143 Å². The van der Waals surface area contributed by atoms with Crippen LogP contribution in [0.1, 0.15) is 20.7 Å². The van der Waals surface area contributed by atoms with Crippen LogP contribution in [0.15, 0.2) is 21.9 Å². The number of carbonyl (C=O) groups excluding carboxylic acids is 2. The lowest BCUT2D eigenvalue weighted by Crippen LogP contribution is -2.16. The van der Waals surface area contributed by atoms with Gasteiger partial charge in [-0.15, -0.1) is 0 Å². The van der Waals surface area contributed by atoms with Gasteiger partial charge in [-0.2, -0.15) is 16.8 Å². The van der Waals surface area contributed by atoms with Crippen molar-refractivity contribution >= 4 is 53.9 Å². The van der Waals surface area contributed by atoms with Gasteiger partial charge >= 0.3 is 0 Å². The third-order valence-corrected chi connectivity index (χ3v) is 4.42. The van der Waals surface area contributed by atoms with Gasteiger partial charge in [0.05, 0.1) is 5.56 Å². The zero-order chi connectivity index (χ0) is 15.9. The third-order valence-electron chi connectivity index (χ3n) is 2.07. The molecule has 0 aliphatic rings. The number of rotatable bonds is 4. The molecule has 12 heteroatoms. The molecule has 1 rings (SSSR count). The first-order valence-corrected chi connectivity index (χ1v) is 8.02. The number of benzene rings is 1. The molecule has 2 N–H and O–H groups in total. The van der Waals surface area contributed by atoms with Gasteiger partial charge in [0.2, 0.25) is 0 Å². The average molecular weight is 363 g/mol. The van der Waals surface area contributed by atoms with Crippen LogP contribution in [-0.4, -0.2) is 36.4 Å². The van der Waals surface area contributed by atoms with Crippen molar-refractivity contribution < 1.29 is 35.5 Å². The molecule has 0 fully saturated rings. The lowest BCUT2D eigenvalue weighted by Gasteiger charge is -2.10. The van der Waals surface area contributed by atoms with E-state index in [0.717, 1.165) is 0 Å². The normalized spacial score (nSPS) is 12.2.